The molecule has 3 N–H and O–H groups in total. The van der Waals surface area contributed by atoms with E-state index < -0.39 is 5.91 Å². The van der Waals surface area contributed by atoms with Gasteiger partial charge in [0.15, 0.2) is 0 Å². The highest BCUT2D eigenvalue weighted by molar-refractivity contribution is 5.94. The van der Waals surface area contributed by atoms with Gasteiger partial charge in [0.2, 0.25) is 5.91 Å². The van der Waals surface area contributed by atoms with Gasteiger partial charge in [0, 0.05) is 31.7 Å². The fraction of sp³-hybridized carbons (Fsp3) is 0.364. The lowest BCUT2D eigenvalue weighted by Crippen LogP contribution is -2.31. The third-order valence-electron chi connectivity index (χ3n) is 3.92. The van der Waals surface area contributed by atoms with Crippen LogP contribution < -0.4 is 15.5 Å². The van der Waals surface area contributed by atoms with Gasteiger partial charge in [0.1, 0.15) is 18.3 Å². The van der Waals surface area contributed by atoms with Gasteiger partial charge in [-0.1, -0.05) is 25.1 Å². The Kier molecular flexibility index (Phi) is 12.5. The summed E-state index contributed by atoms with van der Waals surface area (Å²) in [6.45, 7) is 5.09. The topological polar surface area (TPSA) is 106 Å². The zero-order valence-electron chi connectivity index (χ0n) is 17.6. The Hall–Kier alpha value is -2.94. The fourth-order valence-corrected chi connectivity index (χ4v) is 2.21. The molecule has 0 aliphatic heterocycles. The van der Waals surface area contributed by atoms with Gasteiger partial charge in [-0.2, -0.15) is 0 Å². The van der Waals surface area contributed by atoms with E-state index in [2.05, 4.69) is 10.1 Å². The lowest BCUT2D eigenvalue weighted by molar-refractivity contribution is -0.133. The minimum atomic E-state index is -0.466. The molecule has 1 unspecified atom stereocenters. The first-order chi connectivity index (χ1) is 14.5. The largest absolute Gasteiger partial charge is 0.457 e. The molecule has 2 aromatic rings. The van der Waals surface area contributed by atoms with Gasteiger partial charge >= 0.3 is 0 Å². The molecule has 8 heteroatoms. The number of amides is 2. The number of methoxy groups -OCH3 is 1. The number of hydroxylamine groups is 1. The molecule has 0 aromatic heterocycles. The zero-order valence-corrected chi connectivity index (χ0v) is 17.6. The van der Waals surface area contributed by atoms with E-state index in [-0.39, 0.29) is 11.8 Å². The van der Waals surface area contributed by atoms with Crippen molar-refractivity contribution in [1.82, 2.24) is 10.8 Å². The summed E-state index contributed by atoms with van der Waals surface area (Å²) in [5.74, 6) is 0.304. The van der Waals surface area contributed by atoms with E-state index in [1.165, 1.54) is 0 Å². The van der Waals surface area contributed by atoms with E-state index in [9.17, 15) is 9.59 Å². The molecule has 0 radical (unpaired) electrons. The summed E-state index contributed by atoms with van der Waals surface area (Å²) in [5.41, 5.74) is 2.10. The Balaban J connectivity index is 0.000000656. The average Bonchev–Trinajstić information content (AvgIpc) is 2.78. The summed E-state index contributed by atoms with van der Waals surface area (Å²) >= 11 is 0. The van der Waals surface area contributed by atoms with Gasteiger partial charge in [-0.15, -0.1) is 0 Å². The minimum Gasteiger partial charge on any atom is -0.457 e. The van der Waals surface area contributed by atoms with E-state index >= 15 is 0 Å². The molecule has 0 saturated carbocycles. The van der Waals surface area contributed by atoms with Crippen molar-refractivity contribution >= 4 is 11.8 Å². The quantitative estimate of drug-likeness (QED) is 0.236. The minimum absolute atomic E-state index is 0.224. The van der Waals surface area contributed by atoms with Crippen molar-refractivity contribution in [2.75, 3.05) is 27.1 Å². The Morgan fingerprint density at radius 2 is 1.67 bits per heavy atom. The Labute approximate surface area is 177 Å². The monoisotopic (exact) mass is 418 g/mol. The van der Waals surface area contributed by atoms with E-state index in [1.54, 1.807) is 43.8 Å². The second kappa shape index (κ2) is 15.0. The second-order valence-electron chi connectivity index (χ2n) is 6.26. The van der Waals surface area contributed by atoms with Crippen LogP contribution in [0.5, 0.6) is 11.5 Å². The standard InChI is InChI=1S/C18H20N2O4.C4H10O2/c1-13(17(21)20-23)11-12-19-18(22)14-7-9-16(10-8-14)24-15-5-3-2-4-6-15;1-3-6-4-5-2/h2-10,13,23H,11-12H2,1H3,(H,19,22)(H,20,21);3-4H2,1-2H3. The Bertz CT molecular complexity index is 733. The van der Waals surface area contributed by atoms with Crippen LogP contribution in [0.25, 0.3) is 0 Å². The van der Waals surface area contributed by atoms with E-state index in [4.69, 9.17) is 14.7 Å². The number of para-hydroxylation sites is 1. The first-order valence-electron chi connectivity index (χ1n) is 9.63. The van der Waals surface area contributed by atoms with E-state index in [0.29, 0.717) is 31.1 Å². The van der Waals surface area contributed by atoms with E-state index in [0.717, 1.165) is 12.4 Å². The normalized spacial score (nSPS) is 10.9. The molecule has 0 fully saturated rings. The molecule has 0 heterocycles. The highest BCUT2D eigenvalue weighted by Gasteiger charge is 2.12. The van der Waals surface area contributed by atoms with Crippen LogP contribution in [-0.4, -0.2) is 44.1 Å². The highest BCUT2D eigenvalue weighted by Crippen LogP contribution is 2.21. The van der Waals surface area contributed by atoms with Crippen LogP contribution in [0.3, 0.4) is 0 Å². The van der Waals surface area contributed by atoms with Gasteiger partial charge in [-0.25, -0.2) is 5.48 Å². The van der Waals surface area contributed by atoms with Crippen molar-refractivity contribution in [1.29, 1.82) is 0 Å². The maximum atomic E-state index is 12.0. The molecule has 0 aliphatic rings. The lowest BCUT2D eigenvalue weighted by Gasteiger charge is -2.10. The van der Waals surface area contributed by atoms with Gasteiger partial charge in [-0.05, 0) is 49.7 Å². The maximum Gasteiger partial charge on any atom is 0.251 e. The second-order valence-corrected chi connectivity index (χ2v) is 6.26. The van der Waals surface area contributed by atoms with Crippen LogP contribution in [0.15, 0.2) is 54.6 Å². The third kappa shape index (κ3) is 10.0. The van der Waals surface area contributed by atoms with E-state index in [1.807, 2.05) is 37.3 Å². The number of hydrogen-bond acceptors (Lipinski definition) is 6. The van der Waals surface area contributed by atoms with Gasteiger partial charge < -0.3 is 19.5 Å². The summed E-state index contributed by atoms with van der Waals surface area (Å²) in [7, 11) is 1.61. The summed E-state index contributed by atoms with van der Waals surface area (Å²) in [4.78, 5) is 23.2. The Morgan fingerprint density at radius 3 is 2.20 bits per heavy atom. The van der Waals surface area contributed by atoms with Crippen molar-refractivity contribution in [2.45, 2.75) is 20.3 Å². The average molecular weight is 418 g/mol. The molecule has 0 saturated heterocycles. The molecular formula is C22H30N2O6. The van der Waals surface area contributed by atoms with Crippen LogP contribution in [0.1, 0.15) is 30.6 Å². The van der Waals surface area contributed by atoms with Crippen molar-refractivity contribution in [3.05, 3.63) is 60.2 Å². The number of hydrogen-bond donors (Lipinski definition) is 3. The molecule has 0 bridgehead atoms. The number of nitrogens with one attached hydrogen (secondary N) is 2. The van der Waals surface area contributed by atoms with Crippen LogP contribution in [0, 0.1) is 5.92 Å². The predicted octanol–water partition coefficient (Wildman–Crippen LogP) is 3.37. The molecule has 0 aliphatic carbocycles. The molecule has 164 valence electrons. The van der Waals surface area contributed by atoms with Crippen molar-refractivity contribution < 1.29 is 29.0 Å². The molecule has 1 atom stereocenters. The first kappa shape index (κ1) is 25.1. The zero-order chi connectivity index (χ0) is 22.2. The van der Waals surface area contributed by atoms with Crippen LogP contribution in [0.2, 0.25) is 0 Å². The molecule has 8 nitrogen and oxygen atoms in total. The molecule has 2 aromatic carbocycles. The predicted molar refractivity (Wildman–Crippen MR) is 113 cm³/mol. The maximum absolute atomic E-state index is 12.0. The number of ether oxygens (including phenoxy) is 3. The lowest BCUT2D eigenvalue weighted by atomic mass is 10.1. The molecule has 30 heavy (non-hydrogen) atoms. The van der Waals surface area contributed by atoms with Crippen LogP contribution >= 0.6 is 0 Å². The van der Waals surface area contributed by atoms with Crippen LogP contribution in [0.4, 0.5) is 0 Å². The molecule has 0 spiro atoms. The Morgan fingerprint density at radius 1 is 1.03 bits per heavy atom. The van der Waals surface area contributed by atoms with Crippen molar-refractivity contribution in [2.24, 2.45) is 5.92 Å². The number of carbonyl (C=O) groups is 2. The molecule has 2 rings (SSSR count). The molecule has 2 amide bonds. The van der Waals surface area contributed by atoms with Crippen molar-refractivity contribution in [3.8, 4) is 11.5 Å². The fourth-order valence-electron chi connectivity index (χ4n) is 2.21. The highest BCUT2D eigenvalue weighted by atomic mass is 16.7. The smallest absolute Gasteiger partial charge is 0.251 e. The third-order valence-corrected chi connectivity index (χ3v) is 3.92. The summed E-state index contributed by atoms with van der Waals surface area (Å²) in [6, 6.07) is 16.2. The number of carbonyl (C=O) groups excluding carboxylic acids is 2. The number of benzene rings is 2. The summed E-state index contributed by atoms with van der Waals surface area (Å²) < 4.78 is 15.0. The van der Waals surface area contributed by atoms with Gasteiger partial charge in [-0.3, -0.25) is 14.8 Å². The first-order valence-corrected chi connectivity index (χ1v) is 9.63. The summed E-state index contributed by atoms with van der Waals surface area (Å²) in [6.07, 6.45) is 0.438. The summed E-state index contributed by atoms with van der Waals surface area (Å²) in [5, 5.41) is 11.3. The van der Waals surface area contributed by atoms with Gasteiger partial charge in [0.25, 0.3) is 5.91 Å². The van der Waals surface area contributed by atoms with Gasteiger partial charge in [0.05, 0.1) is 0 Å². The van der Waals surface area contributed by atoms with Crippen molar-refractivity contribution in [3.63, 3.8) is 0 Å². The van der Waals surface area contributed by atoms with Crippen LogP contribution in [-0.2, 0) is 14.3 Å². The molecular weight excluding hydrogens is 388 g/mol. The SMILES string of the molecule is CC(CCNC(=O)c1ccc(Oc2ccccc2)cc1)C(=O)NO.CCOCOC. The number of rotatable bonds is 10.